The number of nitrogens with two attached hydrogens (primary N) is 1. The van der Waals surface area contributed by atoms with Crippen molar-refractivity contribution < 1.29 is 9.47 Å². The molecule has 0 aromatic heterocycles. The van der Waals surface area contributed by atoms with Gasteiger partial charge in [-0.1, -0.05) is 6.07 Å². The van der Waals surface area contributed by atoms with Crippen LogP contribution >= 0.6 is 0 Å². The highest BCUT2D eigenvalue weighted by atomic mass is 16.6. The van der Waals surface area contributed by atoms with Crippen molar-refractivity contribution in [3.05, 3.63) is 23.8 Å². The fourth-order valence-electron chi connectivity index (χ4n) is 2.66. The molecule has 0 spiro atoms. The molecule has 0 radical (unpaired) electrons. The van der Waals surface area contributed by atoms with Crippen molar-refractivity contribution in [3.63, 3.8) is 0 Å². The standard InChI is InChI=1S/C14H20N2O2/c1-16-6-4-14(15,5-7-16)11-2-3-12-13(10-11)18-9-8-17-12/h2-3,10H,4-9,15H2,1H3. The van der Waals surface area contributed by atoms with E-state index in [9.17, 15) is 0 Å². The fourth-order valence-corrected chi connectivity index (χ4v) is 2.66. The zero-order valence-corrected chi connectivity index (χ0v) is 10.8. The van der Waals surface area contributed by atoms with Crippen molar-refractivity contribution >= 4 is 0 Å². The quantitative estimate of drug-likeness (QED) is 0.814. The average Bonchev–Trinajstić information content (AvgIpc) is 2.42. The Hall–Kier alpha value is -1.26. The van der Waals surface area contributed by atoms with Gasteiger partial charge < -0.3 is 20.1 Å². The molecule has 1 saturated heterocycles. The van der Waals surface area contributed by atoms with E-state index in [4.69, 9.17) is 15.2 Å². The number of piperidine rings is 1. The first-order valence-corrected chi connectivity index (χ1v) is 6.55. The molecule has 0 amide bonds. The van der Waals surface area contributed by atoms with Crippen LogP contribution < -0.4 is 15.2 Å². The molecule has 4 nitrogen and oxygen atoms in total. The van der Waals surface area contributed by atoms with E-state index in [-0.39, 0.29) is 5.54 Å². The SMILES string of the molecule is CN1CCC(N)(c2ccc3c(c2)OCCO3)CC1. The third-order valence-corrected chi connectivity index (χ3v) is 4.00. The van der Waals surface area contributed by atoms with Gasteiger partial charge in [0.25, 0.3) is 0 Å². The number of hydrogen-bond donors (Lipinski definition) is 1. The largest absolute Gasteiger partial charge is 0.486 e. The minimum atomic E-state index is -0.220. The number of rotatable bonds is 1. The third-order valence-electron chi connectivity index (χ3n) is 4.00. The molecule has 2 aliphatic heterocycles. The van der Waals surface area contributed by atoms with E-state index in [0.717, 1.165) is 37.4 Å². The zero-order valence-electron chi connectivity index (χ0n) is 10.8. The monoisotopic (exact) mass is 248 g/mol. The normalized spacial score (nSPS) is 22.8. The molecule has 0 unspecified atom stereocenters. The van der Waals surface area contributed by atoms with Crippen LogP contribution in [-0.2, 0) is 5.54 Å². The van der Waals surface area contributed by atoms with Crippen molar-refractivity contribution in [2.45, 2.75) is 18.4 Å². The summed E-state index contributed by atoms with van der Waals surface area (Å²) in [5.74, 6) is 1.67. The molecular formula is C14H20N2O2. The molecule has 2 N–H and O–H groups in total. The van der Waals surface area contributed by atoms with Crippen molar-refractivity contribution in [2.75, 3.05) is 33.4 Å². The summed E-state index contributed by atoms with van der Waals surface area (Å²) in [4.78, 5) is 2.32. The maximum atomic E-state index is 6.55. The summed E-state index contributed by atoms with van der Waals surface area (Å²) < 4.78 is 11.2. The Balaban J connectivity index is 1.87. The molecule has 3 rings (SSSR count). The van der Waals surface area contributed by atoms with Crippen molar-refractivity contribution in [1.82, 2.24) is 4.90 Å². The Bertz CT molecular complexity index is 439. The van der Waals surface area contributed by atoms with Gasteiger partial charge in [0.1, 0.15) is 13.2 Å². The molecule has 0 aliphatic carbocycles. The number of ether oxygens (including phenoxy) is 2. The van der Waals surface area contributed by atoms with E-state index in [2.05, 4.69) is 24.1 Å². The number of fused-ring (bicyclic) bond motifs is 1. The molecule has 2 aliphatic rings. The molecule has 0 saturated carbocycles. The topological polar surface area (TPSA) is 47.7 Å². The lowest BCUT2D eigenvalue weighted by Gasteiger charge is -2.38. The van der Waals surface area contributed by atoms with Crippen LogP contribution in [0.2, 0.25) is 0 Å². The van der Waals surface area contributed by atoms with Gasteiger partial charge in [-0.15, -0.1) is 0 Å². The number of likely N-dealkylation sites (tertiary alicyclic amines) is 1. The third kappa shape index (κ3) is 2.06. The van der Waals surface area contributed by atoms with E-state index < -0.39 is 0 Å². The number of nitrogens with zero attached hydrogens (tertiary/aromatic N) is 1. The number of benzene rings is 1. The Morgan fingerprint density at radius 3 is 2.50 bits per heavy atom. The van der Waals surface area contributed by atoms with Crippen LogP contribution in [0.3, 0.4) is 0 Å². The first-order chi connectivity index (χ1) is 8.67. The summed E-state index contributed by atoms with van der Waals surface area (Å²) in [7, 11) is 2.14. The van der Waals surface area contributed by atoms with Crippen LogP contribution in [-0.4, -0.2) is 38.3 Å². The van der Waals surface area contributed by atoms with Crippen LogP contribution in [0.1, 0.15) is 18.4 Å². The minimum absolute atomic E-state index is 0.220. The van der Waals surface area contributed by atoms with Crippen LogP contribution in [0, 0.1) is 0 Å². The van der Waals surface area contributed by atoms with Gasteiger partial charge in [-0.2, -0.15) is 0 Å². The van der Waals surface area contributed by atoms with Gasteiger partial charge in [-0.25, -0.2) is 0 Å². The zero-order chi connectivity index (χ0) is 12.6. The van der Waals surface area contributed by atoms with Crippen LogP contribution in [0.4, 0.5) is 0 Å². The van der Waals surface area contributed by atoms with Crippen molar-refractivity contribution in [3.8, 4) is 11.5 Å². The van der Waals surface area contributed by atoms with Gasteiger partial charge in [0.2, 0.25) is 0 Å². The maximum Gasteiger partial charge on any atom is 0.161 e. The van der Waals surface area contributed by atoms with Crippen LogP contribution in [0.15, 0.2) is 18.2 Å². The lowest BCUT2D eigenvalue weighted by molar-refractivity contribution is 0.168. The van der Waals surface area contributed by atoms with Crippen molar-refractivity contribution in [1.29, 1.82) is 0 Å². The van der Waals surface area contributed by atoms with E-state index >= 15 is 0 Å². The molecule has 18 heavy (non-hydrogen) atoms. The highest BCUT2D eigenvalue weighted by Crippen LogP contribution is 2.37. The molecule has 0 atom stereocenters. The molecular weight excluding hydrogens is 228 g/mol. The Labute approximate surface area is 108 Å². The van der Waals surface area contributed by atoms with Gasteiger partial charge in [0.15, 0.2) is 11.5 Å². The Morgan fingerprint density at radius 2 is 1.78 bits per heavy atom. The van der Waals surface area contributed by atoms with E-state index in [0.29, 0.717) is 13.2 Å². The highest BCUT2D eigenvalue weighted by Gasteiger charge is 2.32. The minimum Gasteiger partial charge on any atom is -0.486 e. The second-order valence-electron chi connectivity index (χ2n) is 5.32. The van der Waals surface area contributed by atoms with E-state index in [1.165, 1.54) is 5.56 Å². The Kier molecular flexibility index (Phi) is 2.92. The van der Waals surface area contributed by atoms with Crippen molar-refractivity contribution in [2.24, 2.45) is 5.73 Å². The smallest absolute Gasteiger partial charge is 0.161 e. The predicted octanol–water partition coefficient (Wildman–Crippen LogP) is 1.34. The van der Waals surface area contributed by atoms with Gasteiger partial charge in [-0.3, -0.25) is 0 Å². The average molecular weight is 248 g/mol. The van der Waals surface area contributed by atoms with Gasteiger partial charge in [0.05, 0.1) is 0 Å². The first kappa shape index (κ1) is 11.8. The van der Waals surface area contributed by atoms with Crippen LogP contribution in [0.5, 0.6) is 11.5 Å². The summed E-state index contributed by atoms with van der Waals surface area (Å²) in [6.07, 6.45) is 1.98. The number of hydrogen-bond acceptors (Lipinski definition) is 4. The van der Waals surface area contributed by atoms with Crippen LogP contribution in [0.25, 0.3) is 0 Å². The predicted molar refractivity (Wildman–Crippen MR) is 70.0 cm³/mol. The summed E-state index contributed by atoms with van der Waals surface area (Å²) in [6.45, 7) is 3.34. The molecule has 98 valence electrons. The summed E-state index contributed by atoms with van der Waals surface area (Å²) in [5.41, 5.74) is 7.50. The fraction of sp³-hybridized carbons (Fsp3) is 0.571. The highest BCUT2D eigenvalue weighted by molar-refractivity contribution is 5.45. The molecule has 1 aromatic rings. The molecule has 1 aromatic carbocycles. The summed E-state index contributed by atoms with van der Waals surface area (Å²) >= 11 is 0. The molecule has 1 fully saturated rings. The van der Waals surface area contributed by atoms with E-state index in [1.807, 2.05) is 6.07 Å². The second-order valence-corrected chi connectivity index (χ2v) is 5.32. The molecule has 2 heterocycles. The first-order valence-electron chi connectivity index (χ1n) is 6.55. The lowest BCUT2D eigenvalue weighted by Crippen LogP contribution is -2.46. The van der Waals surface area contributed by atoms with Gasteiger partial charge >= 0.3 is 0 Å². The Morgan fingerprint density at radius 1 is 1.11 bits per heavy atom. The summed E-state index contributed by atoms with van der Waals surface area (Å²) in [6, 6.07) is 6.12. The van der Waals surface area contributed by atoms with E-state index in [1.54, 1.807) is 0 Å². The summed E-state index contributed by atoms with van der Waals surface area (Å²) in [5, 5.41) is 0. The van der Waals surface area contributed by atoms with Gasteiger partial charge in [0, 0.05) is 5.54 Å². The lowest BCUT2D eigenvalue weighted by atomic mass is 9.82. The molecule has 4 heteroatoms. The molecule has 0 bridgehead atoms. The van der Waals surface area contributed by atoms with Gasteiger partial charge in [-0.05, 0) is 50.7 Å². The maximum absolute atomic E-state index is 6.55. The second kappa shape index (κ2) is 4.44.